The summed E-state index contributed by atoms with van der Waals surface area (Å²) in [7, 11) is 0. The normalized spacial score (nSPS) is 17.6. The van der Waals surface area contributed by atoms with Gasteiger partial charge in [-0.1, -0.05) is 5.16 Å². The molecule has 1 aliphatic rings. The minimum absolute atomic E-state index is 0.115. The Hall–Kier alpha value is -2.90. The van der Waals surface area contributed by atoms with E-state index in [-0.39, 0.29) is 23.3 Å². The van der Waals surface area contributed by atoms with Crippen LogP contribution in [-0.2, 0) is 0 Å². The Bertz CT molecular complexity index is 1030. The van der Waals surface area contributed by atoms with E-state index >= 15 is 0 Å². The van der Waals surface area contributed by atoms with Crippen LogP contribution in [0.2, 0.25) is 0 Å². The number of hydrogen-bond acceptors (Lipinski definition) is 5. The second-order valence-electron chi connectivity index (χ2n) is 6.52. The first-order chi connectivity index (χ1) is 12.0. The highest BCUT2D eigenvalue weighted by atomic mass is 16.5. The van der Waals surface area contributed by atoms with Gasteiger partial charge in [0.15, 0.2) is 5.65 Å². The summed E-state index contributed by atoms with van der Waals surface area (Å²) in [4.78, 5) is 31.4. The number of hydrogen-bond donors (Lipinski definition) is 1. The largest absolute Gasteiger partial charge is 0.351 e. The molecule has 8 nitrogen and oxygen atoms in total. The SMILES string of the molecule is Cc1cc(C(=O)N2CCC[C@H]2c2cc3nc(C)c(C)c(=O)n3[nH]2)on1. The molecule has 0 aromatic carbocycles. The van der Waals surface area contributed by atoms with Crippen molar-refractivity contribution >= 4 is 11.6 Å². The van der Waals surface area contributed by atoms with Crippen LogP contribution in [0.15, 0.2) is 21.5 Å². The monoisotopic (exact) mass is 341 g/mol. The molecular weight excluding hydrogens is 322 g/mol. The predicted octanol–water partition coefficient (Wildman–Crippen LogP) is 1.91. The summed E-state index contributed by atoms with van der Waals surface area (Å²) in [5, 5.41) is 6.90. The standard InChI is InChI=1S/C17H19N5O3/c1-9-7-14(25-20-9)17(24)21-6-4-5-13(21)12-8-15-18-11(3)10(2)16(23)22(15)19-12/h7-8,13,19H,4-6H2,1-3H3/t13-/m0/s1. The van der Waals surface area contributed by atoms with Crippen LogP contribution in [0.1, 0.15) is 52.1 Å². The van der Waals surface area contributed by atoms with Crippen molar-refractivity contribution in [3.63, 3.8) is 0 Å². The van der Waals surface area contributed by atoms with Gasteiger partial charge in [0.1, 0.15) is 0 Å². The molecule has 4 rings (SSSR count). The van der Waals surface area contributed by atoms with Gasteiger partial charge in [-0.25, -0.2) is 9.50 Å². The lowest BCUT2D eigenvalue weighted by molar-refractivity contribution is 0.0690. The first-order valence-electron chi connectivity index (χ1n) is 8.29. The second-order valence-corrected chi connectivity index (χ2v) is 6.52. The minimum atomic E-state index is -0.186. The van der Waals surface area contributed by atoms with Crippen molar-refractivity contribution in [3.8, 4) is 0 Å². The first kappa shape index (κ1) is 15.6. The number of fused-ring (bicyclic) bond motifs is 1. The highest BCUT2D eigenvalue weighted by Gasteiger charge is 2.33. The van der Waals surface area contributed by atoms with Gasteiger partial charge >= 0.3 is 0 Å². The van der Waals surface area contributed by atoms with Crippen LogP contribution in [0.5, 0.6) is 0 Å². The van der Waals surface area contributed by atoms with Crippen LogP contribution >= 0.6 is 0 Å². The second kappa shape index (κ2) is 5.58. The van der Waals surface area contributed by atoms with Crippen LogP contribution in [0, 0.1) is 20.8 Å². The number of aromatic nitrogens is 4. The van der Waals surface area contributed by atoms with E-state index in [9.17, 15) is 9.59 Å². The van der Waals surface area contributed by atoms with Crippen molar-refractivity contribution < 1.29 is 9.32 Å². The highest BCUT2D eigenvalue weighted by Crippen LogP contribution is 2.32. The lowest BCUT2D eigenvalue weighted by atomic mass is 10.1. The molecule has 8 heteroatoms. The lowest BCUT2D eigenvalue weighted by Crippen LogP contribution is -2.30. The molecule has 4 heterocycles. The van der Waals surface area contributed by atoms with Gasteiger partial charge in [-0.3, -0.25) is 14.7 Å². The zero-order valence-electron chi connectivity index (χ0n) is 14.4. The molecule has 1 atom stereocenters. The van der Waals surface area contributed by atoms with Gasteiger partial charge in [-0.15, -0.1) is 0 Å². The Balaban J connectivity index is 1.73. The van der Waals surface area contributed by atoms with Crippen LogP contribution < -0.4 is 5.56 Å². The average molecular weight is 341 g/mol. The molecule has 1 aliphatic heterocycles. The number of H-pyrrole nitrogens is 1. The Morgan fingerprint density at radius 2 is 2.12 bits per heavy atom. The summed E-state index contributed by atoms with van der Waals surface area (Å²) < 4.78 is 6.55. The molecule has 25 heavy (non-hydrogen) atoms. The number of nitrogens with zero attached hydrogens (tertiary/aromatic N) is 4. The van der Waals surface area contributed by atoms with Gasteiger partial charge in [0.2, 0.25) is 5.76 Å². The quantitative estimate of drug-likeness (QED) is 0.768. The van der Waals surface area contributed by atoms with Gasteiger partial charge in [0.25, 0.3) is 11.5 Å². The molecule has 130 valence electrons. The van der Waals surface area contributed by atoms with Crippen molar-refractivity contribution in [2.24, 2.45) is 0 Å². The minimum Gasteiger partial charge on any atom is -0.351 e. The number of rotatable bonds is 2. The maximum atomic E-state index is 12.7. The van der Waals surface area contributed by atoms with Gasteiger partial charge in [-0.2, -0.15) is 0 Å². The van der Waals surface area contributed by atoms with E-state index in [1.807, 2.05) is 13.0 Å². The van der Waals surface area contributed by atoms with Crippen LogP contribution in [0.3, 0.4) is 0 Å². The summed E-state index contributed by atoms with van der Waals surface area (Å²) in [5.74, 6) is 0.0527. The zero-order valence-corrected chi connectivity index (χ0v) is 14.4. The number of likely N-dealkylation sites (tertiary alicyclic amines) is 1. The average Bonchev–Trinajstić information content (AvgIpc) is 3.30. The maximum absolute atomic E-state index is 12.7. The van der Waals surface area contributed by atoms with Crippen molar-refractivity contribution in [1.29, 1.82) is 0 Å². The number of amides is 1. The molecule has 0 aliphatic carbocycles. The molecule has 0 unspecified atom stereocenters. The van der Waals surface area contributed by atoms with E-state index < -0.39 is 0 Å². The van der Waals surface area contributed by atoms with Crippen LogP contribution in [0.25, 0.3) is 5.65 Å². The fourth-order valence-electron chi connectivity index (χ4n) is 3.35. The van der Waals surface area contributed by atoms with Crippen molar-refractivity contribution in [2.45, 2.75) is 39.7 Å². The molecule has 3 aromatic rings. The zero-order chi connectivity index (χ0) is 17.7. The third-order valence-corrected chi connectivity index (χ3v) is 4.81. The van der Waals surface area contributed by atoms with Gasteiger partial charge in [0.05, 0.1) is 17.4 Å². The van der Waals surface area contributed by atoms with Gasteiger partial charge < -0.3 is 9.42 Å². The maximum Gasteiger partial charge on any atom is 0.293 e. The molecule has 0 radical (unpaired) electrons. The first-order valence-corrected chi connectivity index (χ1v) is 8.29. The van der Waals surface area contributed by atoms with E-state index in [4.69, 9.17) is 4.52 Å². The number of carbonyl (C=O) groups excluding carboxylic acids is 1. The third-order valence-electron chi connectivity index (χ3n) is 4.81. The number of aryl methyl sites for hydroxylation is 2. The molecular formula is C17H19N5O3. The molecule has 0 bridgehead atoms. The summed E-state index contributed by atoms with van der Waals surface area (Å²) >= 11 is 0. The number of aromatic amines is 1. The summed E-state index contributed by atoms with van der Waals surface area (Å²) in [5.41, 5.74) is 3.26. The van der Waals surface area contributed by atoms with Crippen molar-refractivity contribution in [3.05, 3.63) is 50.9 Å². The third kappa shape index (κ3) is 2.45. The topological polar surface area (TPSA) is 96.5 Å². The number of carbonyl (C=O) groups is 1. The molecule has 1 N–H and O–H groups in total. The molecule has 1 amide bonds. The van der Waals surface area contributed by atoms with Gasteiger partial charge in [-0.05, 0) is 33.6 Å². The lowest BCUT2D eigenvalue weighted by Gasteiger charge is -2.22. The van der Waals surface area contributed by atoms with Crippen LogP contribution in [-0.4, -0.2) is 37.1 Å². The Morgan fingerprint density at radius 3 is 2.84 bits per heavy atom. The smallest absolute Gasteiger partial charge is 0.293 e. The molecule has 1 fully saturated rings. The van der Waals surface area contributed by atoms with E-state index in [1.165, 1.54) is 4.52 Å². The van der Waals surface area contributed by atoms with Crippen molar-refractivity contribution in [1.82, 2.24) is 24.7 Å². The van der Waals surface area contributed by atoms with Crippen molar-refractivity contribution in [2.75, 3.05) is 6.54 Å². The highest BCUT2D eigenvalue weighted by molar-refractivity contribution is 5.92. The van der Waals surface area contributed by atoms with E-state index in [0.29, 0.717) is 29.1 Å². The Labute approximate surface area is 143 Å². The fourth-order valence-corrected chi connectivity index (χ4v) is 3.35. The number of nitrogens with one attached hydrogen (secondary N) is 1. The Morgan fingerprint density at radius 1 is 1.32 bits per heavy atom. The van der Waals surface area contributed by atoms with Crippen LogP contribution in [0.4, 0.5) is 0 Å². The predicted molar refractivity (Wildman–Crippen MR) is 89.5 cm³/mol. The molecule has 0 spiro atoms. The molecule has 0 saturated carbocycles. The molecule has 1 saturated heterocycles. The van der Waals surface area contributed by atoms with E-state index in [2.05, 4.69) is 15.2 Å². The fraction of sp³-hybridized carbons (Fsp3) is 0.412. The summed E-state index contributed by atoms with van der Waals surface area (Å²) in [6, 6.07) is 3.34. The van der Waals surface area contributed by atoms with Gasteiger partial charge in [0, 0.05) is 29.9 Å². The Kier molecular flexibility index (Phi) is 3.48. The summed E-state index contributed by atoms with van der Waals surface area (Å²) in [6.45, 7) is 6.00. The summed E-state index contributed by atoms with van der Waals surface area (Å²) in [6.07, 6.45) is 1.71. The molecule has 3 aromatic heterocycles. The van der Waals surface area contributed by atoms with E-state index in [1.54, 1.807) is 24.8 Å². The van der Waals surface area contributed by atoms with E-state index in [0.717, 1.165) is 18.5 Å².